The van der Waals surface area contributed by atoms with E-state index in [2.05, 4.69) is 5.32 Å². The highest BCUT2D eigenvalue weighted by atomic mass is 35.5. The average molecular weight is 305 g/mol. The molecule has 2 rings (SSSR count). The van der Waals surface area contributed by atoms with Crippen molar-refractivity contribution >= 4 is 28.9 Å². The molecule has 1 amide bonds. The highest BCUT2D eigenvalue weighted by molar-refractivity contribution is 6.33. The van der Waals surface area contributed by atoms with Crippen molar-refractivity contribution in [2.45, 2.75) is 20.0 Å². The lowest BCUT2D eigenvalue weighted by molar-refractivity contribution is 0.102. The lowest BCUT2D eigenvalue weighted by Crippen LogP contribution is -2.13. The van der Waals surface area contributed by atoms with Gasteiger partial charge in [-0.05, 0) is 50.2 Å². The van der Waals surface area contributed by atoms with Crippen LogP contribution in [0.15, 0.2) is 42.5 Å². The van der Waals surface area contributed by atoms with E-state index in [9.17, 15) is 4.79 Å². The number of carbonyl (C=O) groups excluding carboxylic acids is 1. The van der Waals surface area contributed by atoms with Crippen LogP contribution < -0.4 is 15.8 Å². The van der Waals surface area contributed by atoms with Gasteiger partial charge in [-0.25, -0.2) is 0 Å². The van der Waals surface area contributed by atoms with Crippen molar-refractivity contribution in [2.75, 3.05) is 11.1 Å². The molecule has 0 spiro atoms. The molecule has 0 unspecified atom stereocenters. The first kappa shape index (κ1) is 15.2. The van der Waals surface area contributed by atoms with Crippen molar-refractivity contribution in [1.82, 2.24) is 0 Å². The molecule has 0 saturated heterocycles. The SMILES string of the molecule is CC(C)Oc1cccc(C(=O)Nc2ccc(Cl)c(N)c2)c1. The Morgan fingerprint density at radius 3 is 2.67 bits per heavy atom. The Kier molecular flexibility index (Phi) is 4.70. The average Bonchev–Trinajstić information content (AvgIpc) is 2.42. The molecule has 0 fully saturated rings. The number of carbonyl (C=O) groups is 1. The molecule has 110 valence electrons. The Balaban J connectivity index is 2.14. The van der Waals surface area contributed by atoms with Crippen LogP contribution in [0, 0.1) is 0 Å². The van der Waals surface area contributed by atoms with Crippen molar-refractivity contribution in [3.05, 3.63) is 53.1 Å². The number of anilines is 2. The number of nitrogens with one attached hydrogen (secondary N) is 1. The van der Waals surface area contributed by atoms with Gasteiger partial charge in [-0.15, -0.1) is 0 Å². The number of benzene rings is 2. The van der Waals surface area contributed by atoms with Gasteiger partial charge in [0.1, 0.15) is 5.75 Å². The summed E-state index contributed by atoms with van der Waals surface area (Å²) in [5.74, 6) is 0.430. The third-order valence-electron chi connectivity index (χ3n) is 2.72. The Morgan fingerprint density at radius 1 is 1.24 bits per heavy atom. The molecule has 0 aliphatic carbocycles. The number of hydrogen-bond acceptors (Lipinski definition) is 3. The Morgan fingerprint density at radius 2 is 2.00 bits per heavy atom. The zero-order chi connectivity index (χ0) is 15.4. The van der Waals surface area contributed by atoms with E-state index >= 15 is 0 Å². The first-order valence-electron chi connectivity index (χ1n) is 6.59. The van der Waals surface area contributed by atoms with Crippen LogP contribution in [0.5, 0.6) is 5.75 Å². The summed E-state index contributed by atoms with van der Waals surface area (Å²) < 4.78 is 5.57. The molecule has 0 aliphatic rings. The van der Waals surface area contributed by atoms with Crippen molar-refractivity contribution in [3.8, 4) is 5.75 Å². The van der Waals surface area contributed by atoms with E-state index in [-0.39, 0.29) is 12.0 Å². The van der Waals surface area contributed by atoms with E-state index < -0.39 is 0 Å². The van der Waals surface area contributed by atoms with Gasteiger partial charge in [-0.2, -0.15) is 0 Å². The van der Waals surface area contributed by atoms with Gasteiger partial charge in [-0.1, -0.05) is 17.7 Å². The zero-order valence-corrected chi connectivity index (χ0v) is 12.6. The van der Waals surface area contributed by atoms with Gasteiger partial charge in [0, 0.05) is 11.3 Å². The van der Waals surface area contributed by atoms with Gasteiger partial charge in [-0.3, -0.25) is 4.79 Å². The van der Waals surface area contributed by atoms with E-state index in [1.54, 1.807) is 36.4 Å². The van der Waals surface area contributed by atoms with Crippen LogP contribution in [0.3, 0.4) is 0 Å². The summed E-state index contributed by atoms with van der Waals surface area (Å²) in [5.41, 5.74) is 7.24. The molecular weight excluding hydrogens is 288 g/mol. The maximum absolute atomic E-state index is 12.2. The van der Waals surface area contributed by atoms with Crippen LogP contribution in [-0.4, -0.2) is 12.0 Å². The van der Waals surface area contributed by atoms with Crippen LogP contribution >= 0.6 is 11.6 Å². The quantitative estimate of drug-likeness (QED) is 0.840. The van der Waals surface area contributed by atoms with Gasteiger partial charge >= 0.3 is 0 Å². The Bertz CT molecular complexity index is 656. The fourth-order valence-corrected chi connectivity index (χ4v) is 1.93. The first-order chi connectivity index (χ1) is 9.95. The van der Waals surface area contributed by atoms with Crippen LogP contribution in [0.1, 0.15) is 24.2 Å². The number of rotatable bonds is 4. The van der Waals surface area contributed by atoms with Crippen LogP contribution in [0.2, 0.25) is 5.02 Å². The number of hydrogen-bond donors (Lipinski definition) is 2. The van der Waals surface area contributed by atoms with E-state index in [1.807, 2.05) is 19.9 Å². The maximum Gasteiger partial charge on any atom is 0.255 e. The molecule has 0 bridgehead atoms. The number of halogens is 1. The summed E-state index contributed by atoms with van der Waals surface area (Å²) in [4.78, 5) is 12.2. The predicted molar refractivity (Wildman–Crippen MR) is 86.0 cm³/mol. The lowest BCUT2D eigenvalue weighted by atomic mass is 10.2. The van der Waals surface area contributed by atoms with Crippen LogP contribution in [-0.2, 0) is 0 Å². The molecule has 0 saturated carbocycles. The van der Waals surface area contributed by atoms with Crippen LogP contribution in [0.4, 0.5) is 11.4 Å². The van der Waals surface area contributed by atoms with Crippen molar-refractivity contribution in [3.63, 3.8) is 0 Å². The van der Waals surface area contributed by atoms with Crippen LogP contribution in [0.25, 0.3) is 0 Å². The third kappa shape index (κ3) is 4.13. The minimum absolute atomic E-state index is 0.0550. The van der Waals surface area contributed by atoms with E-state index in [0.29, 0.717) is 27.7 Å². The highest BCUT2D eigenvalue weighted by Gasteiger charge is 2.09. The first-order valence-corrected chi connectivity index (χ1v) is 6.96. The molecule has 0 atom stereocenters. The van der Waals surface area contributed by atoms with Gasteiger partial charge in [0.2, 0.25) is 0 Å². The molecule has 3 N–H and O–H groups in total. The monoisotopic (exact) mass is 304 g/mol. The van der Waals surface area contributed by atoms with Crippen molar-refractivity contribution in [2.24, 2.45) is 0 Å². The highest BCUT2D eigenvalue weighted by Crippen LogP contribution is 2.23. The minimum Gasteiger partial charge on any atom is -0.491 e. The van der Waals surface area contributed by atoms with Crippen molar-refractivity contribution in [1.29, 1.82) is 0 Å². The summed E-state index contributed by atoms with van der Waals surface area (Å²) in [6.07, 6.45) is 0.0550. The molecule has 2 aromatic carbocycles. The fraction of sp³-hybridized carbons (Fsp3) is 0.188. The molecule has 4 nitrogen and oxygen atoms in total. The van der Waals surface area contributed by atoms with Gasteiger partial charge in [0.25, 0.3) is 5.91 Å². The molecule has 5 heteroatoms. The zero-order valence-electron chi connectivity index (χ0n) is 11.9. The summed E-state index contributed by atoms with van der Waals surface area (Å²) in [7, 11) is 0. The largest absolute Gasteiger partial charge is 0.491 e. The second-order valence-corrected chi connectivity index (χ2v) is 5.29. The number of nitrogen functional groups attached to an aromatic ring is 1. The second-order valence-electron chi connectivity index (χ2n) is 4.88. The molecule has 2 aromatic rings. The van der Waals surface area contributed by atoms with Gasteiger partial charge in [0.05, 0.1) is 16.8 Å². The predicted octanol–water partition coefficient (Wildman–Crippen LogP) is 3.96. The summed E-state index contributed by atoms with van der Waals surface area (Å²) in [6, 6.07) is 12.0. The van der Waals surface area contributed by atoms with E-state index in [4.69, 9.17) is 22.1 Å². The third-order valence-corrected chi connectivity index (χ3v) is 3.07. The molecular formula is C16H17ClN2O2. The normalized spacial score (nSPS) is 10.5. The maximum atomic E-state index is 12.2. The Hall–Kier alpha value is -2.20. The van der Waals surface area contributed by atoms with E-state index in [0.717, 1.165) is 0 Å². The molecule has 0 radical (unpaired) electrons. The topological polar surface area (TPSA) is 64.3 Å². The molecule has 21 heavy (non-hydrogen) atoms. The number of amides is 1. The smallest absolute Gasteiger partial charge is 0.255 e. The lowest BCUT2D eigenvalue weighted by Gasteiger charge is -2.11. The molecule has 0 aliphatic heterocycles. The van der Waals surface area contributed by atoms with Gasteiger partial charge < -0.3 is 15.8 Å². The summed E-state index contributed by atoms with van der Waals surface area (Å²) >= 11 is 5.85. The number of nitrogens with two attached hydrogens (primary N) is 1. The minimum atomic E-state index is -0.231. The number of ether oxygens (including phenoxy) is 1. The Labute approximate surface area is 128 Å². The van der Waals surface area contributed by atoms with E-state index in [1.165, 1.54) is 0 Å². The fourth-order valence-electron chi connectivity index (χ4n) is 1.81. The van der Waals surface area contributed by atoms with Gasteiger partial charge in [0.15, 0.2) is 0 Å². The van der Waals surface area contributed by atoms with Crippen molar-refractivity contribution < 1.29 is 9.53 Å². The standard InChI is InChI=1S/C16H17ClN2O2/c1-10(2)21-13-5-3-4-11(8-13)16(20)19-12-6-7-14(17)15(18)9-12/h3-10H,18H2,1-2H3,(H,19,20). The summed E-state index contributed by atoms with van der Waals surface area (Å²) in [5, 5.41) is 3.23. The second kappa shape index (κ2) is 6.50. The summed E-state index contributed by atoms with van der Waals surface area (Å²) in [6.45, 7) is 3.87. The molecule has 0 aromatic heterocycles. The molecule has 0 heterocycles.